The van der Waals surface area contributed by atoms with Crippen LogP contribution < -0.4 is 0 Å². The smallest absolute Gasteiger partial charge is 0.340 e. The van der Waals surface area contributed by atoms with Gasteiger partial charge >= 0.3 is 12.5 Å². The lowest BCUT2D eigenvalue weighted by atomic mass is 10.2. The van der Waals surface area contributed by atoms with Crippen molar-refractivity contribution in [2.75, 3.05) is 0 Å². The fourth-order valence-electron chi connectivity index (χ4n) is 2.74. The van der Waals surface area contributed by atoms with Gasteiger partial charge in [-0.05, 0) is 34.7 Å². The van der Waals surface area contributed by atoms with Crippen molar-refractivity contribution in [2.45, 2.75) is 13.2 Å². The summed E-state index contributed by atoms with van der Waals surface area (Å²) in [6.45, 7) is -3.21. The van der Waals surface area contributed by atoms with Gasteiger partial charge in [-0.3, -0.25) is 4.57 Å². The number of aromatic nitrogens is 6. The van der Waals surface area contributed by atoms with Gasteiger partial charge in [-0.2, -0.15) is 13.5 Å². The lowest BCUT2D eigenvalue weighted by Crippen LogP contribution is -2.13. The number of para-hydroxylation sites is 3. The first kappa shape index (κ1) is 16.8. The van der Waals surface area contributed by atoms with Crippen molar-refractivity contribution >= 4 is 17.0 Å². The molecule has 0 fully saturated rings. The number of hydrogen-bond donors (Lipinski definition) is 0. The van der Waals surface area contributed by atoms with Crippen LogP contribution in [0, 0.1) is 0 Å². The number of hydrogen-bond acceptors (Lipinski definition) is 6. The fourth-order valence-corrected chi connectivity index (χ4v) is 2.74. The summed E-state index contributed by atoms with van der Waals surface area (Å²) in [4.78, 5) is 16.6. The molecule has 0 saturated heterocycles. The summed E-state index contributed by atoms with van der Waals surface area (Å²) in [5.41, 5.74) is 1.28. The molecule has 2 heterocycles. The minimum Gasteiger partial charge on any atom is -0.454 e. The molecule has 4 aromatic rings. The van der Waals surface area contributed by atoms with Crippen LogP contribution in [-0.4, -0.2) is 35.7 Å². The number of ether oxygens (including phenoxy) is 1. The van der Waals surface area contributed by atoms with Gasteiger partial charge in [0, 0.05) is 0 Å². The highest BCUT2D eigenvalue weighted by Crippen LogP contribution is 2.24. The van der Waals surface area contributed by atoms with Crippen molar-refractivity contribution in [3.05, 3.63) is 66.2 Å². The number of alkyl halides is 2. The second-order valence-corrected chi connectivity index (χ2v) is 5.51. The molecule has 0 aliphatic rings. The Balaban J connectivity index is 1.61. The number of fused-ring (bicyclic) bond motifs is 1. The fraction of sp³-hybridized carbons (Fsp3) is 0.118. The zero-order valence-electron chi connectivity index (χ0n) is 13.7. The topological polar surface area (TPSA) is 87.7 Å². The zero-order chi connectivity index (χ0) is 18.8. The van der Waals surface area contributed by atoms with Gasteiger partial charge in [-0.25, -0.2) is 9.78 Å². The molecule has 0 spiro atoms. The number of tetrazole rings is 1. The van der Waals surface area contributed by atoms with Gasteiger partial charge in [0.2, 0.25) is 0 Å². The maximum Gasteiger partial charge on any atom is 0.340 e. The molecule has 4 rings (SSSR count). The van der Waals surface area contributed by atoms with E-state index in [4.69, 9.17) is 4.74 Å². The molecule has 0 N–H and O–H groups in total. The summed E-state index contributed by atoms with van der Waals surface area (Å²) in [7, 11) is 0. The Morgan fingerprint density at radius 1 is 1.11 bits per heavy atom. The van der Waals surface area contributed by atoms with Crippen LogP contribution in [0.1, 0.15) is 22.7 Å². The number of carbonyl (C=O) groups is 1. The van der Waals surface area contributed by atoms with E-state index in [-0.39, 0.29) is 16.9 Å². The molecule has 0 aliphatic carbocycles. The Kier molecular flexibility index (Phi) is 4.29. The van der Waals surface area contributed by atoms with Crippen LogP contribution in [0.2, 0.25) is 0 Å². The highest BCUT2D eigenvalue weighted by Gasteiger charge is 2.20. The SMILES string of the molecule is O=C(OCc1nc2ccccc2n1C(F)F)c1ccccc1-n1cnnn1. The molecular formula is C17H12F2N6O2. The van der Waals surface area contributed by atoms with Crippen molar-refractivity contribution in [1.82, 2.24) is 29.8 Å². The Morgan fingerprint density at radius 2 is 1.89 bits per heavy atom. The van der Waals surface area contributed by atoms with Crippen LogP contribution in [0.25, 0.3) is 16.7 Å². The summed E-state index contributed by atoms with van der Waals surface area (Å²) >= 11 is 0. The van der Waals surface area contributed by atoms with Crippen LogP contribution in [0.3, 0.4) is 0 Å². The second kappa shape index (κ2) is 6.90. The molecule has 10 heteroatoms. The summed E-state index contributed by atoms with van der Waals surface area (Å²) in [6.07, 6.45) is 1.34. The van der Waals surface area contributed by atoms with E-state index in [1.165, 1.54) is 23.1 Å². The standard InChI is InChI=1S/C17H12F2N6O2/c18-17(19)25-14-8-4-2-6-12(14)21-15(25)9-27-16(26)11-5-1-3-7-13(11)24-10-20-22-23-24/h1-8,10,17H,9H2. The molecule has 0 bridgehead atoms. The molecule has 0 radical (unpaired) electrons. The molecule has 8 nitrogen and oxygen atoms in total. The summed E-state index contributed by atoms with van der Waals surface area (Å²) < 4.78 is 34.2. The maximum absolute atomic E-state index is 13.4. The number of esters is 1. The third kappa shape index (κ3) is 3.12. The number of benzene rings is 2. The van der Waals surface area contributed by atoms with Gasteiger partial charge in [0.1, 0.15) is 12.9 Å². The van der Waals surface area contributed by atoms with E-state index < -0.39 is 19.1 Å². The van der Waals surface area contributed by atoms with Crippen molar-refractivity contribution in [1.29, 1.82) is 0 Å². The Labute approximate surface area is 151 Å². The van der Waals surface area contributed by atoms with Gasteiger partial charge in [0.05, 0.1) is 22.3 Å². The summed E-state index contributed by atoms with van der Waals surface area (Å²) in [5.74, 6) is -0.742. The lowest BCUT2D eigenvalue weighted by Gasteiger charge is -2.10. The molecule has 0 unspecified atom stereocenters. The van der Waals surface area contributed by atoms with Gasteiger partial charge < -0.3 is 4.74 Å². The average Bonchev–Trinajstić information content (AvgIpc) is 3.33. The third-order valence-corrected chi connectivity index (χ3v) is 3.92. The van der Waals surface area contributed by atoms with E-state index in [9.17, 15) is 13.6 Å². The normalized spacial score (nSPS) is 11.2. The van der Waals surface area contributed by atoms with Gasteiger partial charge in [0.15, 0.2) is 5.82 Å². The predicted octanol–water partition coefficient (Wildman–Crippen LogP) is 2.76. The van der Waals surface area contributed by atoms with E-state index in [2.05, 4.69) is 20.5 Å². The number of nitrogens with zero attached hydrogens (tertiary/aromatic N) is 6. The van der Waals surface area contributed by atoms with E-state index in [0.29, 0.717) is 11.2 Å². The van der Waals surface area contributed by atoms with Crippen LogP contribution in [0.5, 0.6) is 0 Å². The molecule has 2 aromatic carbocycles. The molecule has 27 heavy (non-hydrogen) atoms. The first-order chi connectivity index (χ1) is 13.1. The molecule has 2 aromatic heterocycles. The Bertz CT molecular complexity index is 1090. The number of rotatable bonds is 5. The Hall–Kier alpha value is -3.69. The van der Waals surface area contributed by atoms with Crippen LogP contribution >= 0.6 is 0 Å². The first-order valence-electron chi connectivity index (χ1n) is 7.88. The number of carbonyl (C=O) groups excluding carboxylic acids is 1. The van der Waals surface area contributed by atoms with E-state index in [0.717, 1.165) is 4.57 Å². The molecule has 0 aliphatic heterocycles. The maximum atomic E-state index is 13.4. The van der Waals surface area contributed by atoms with E-state index >= 15 is 0 Å². The van der Waals surface area contributed by atoms with Gasteiger partial charge in [-0.15, -0.1) is 5.10 Å². The van der Waals surface area contributed by atoms with Crippen molar-refractivity contribution < 1.29 is 18.3 Å². The first-order valence-corrected chi connectivity index (χ1v) is 7.88. The van der Waals surface area contributed by atoms with Crippen molar-refractivity contribution in [2.24, 2.45) is 0 Å². The van der Waals surface area contributed by atoms with Crippen LogP contribution in [0.15, 0.2) is 54.9 Å². The van der Waals surface area contributed by atoms with Crippen LogP contribution in [-0.2, 0) is 11.3 Å². The molecule has 0 atom stereocenters. The molecule has 136 valence electrons. The molecule has 0 saturated carbocycles. The summed E-state index contributed by atoms with van der Waals surface area (Å²) in [6, 6.07) is 13.0. The number of imidazole rings is 1. The highest BCUT2D eigenvalue weighted by atomic mass is 19.3. The van der Waals surface area contributed by atoms with Crippen LogP contribution in [0.4, 0.5) is 8.78 Å². The number of halogens is 2. The minimum absolute atomic E-state index is 0.0422. The lowest BCUT2D eigenvalue weighted by molar-refractivity contribution is 0.0387. The minimum atomic E-state index is -2.81. The molecule has 0 amide bonds. The monoisotopic (exact) mass is 370 g/mol. The van der Waals surface area contributed by atoms with Gasteiger partial charge in [0.25, 0.3) is 0 Å². The largest absolute Gasteiger partial charge is 0.454 e. The van der Waals surface area contributed by atoms with Crippen molar-refractivity contribution in [3.8, 4) is 5.69 Å². The van der Waals surface area contributed by atoms with E-state index in [1.54, 1.807) is 36.4 Å². The van der Waals surface area contributed by atoms with Crippen molar-refractivity contribution in [3.63, 3.8) is 0 Å². The van der Waals surface area contributed by atoms with Gasteiger partial charge in [-0.1, -0.05) is 24.3 Å². The van der Waals surface area contributed by atoms with E-state index in [1.807, 2.05) is 0 Å². The molecular weight excluding hydrogens is 358 g/mol. The predicted molar refractivity (Wildman–Crippen MR) is 89.3 cm³/mol. The quantitative estimate of drug-likeness (QED) is 0.502. The average molecular weight is 370 g/mol. The highest BCUT2D eigenvalue weighted by molar-refractivity contribution is 5.93. The third-order valence-electron chi connectivity index (χ3n) is 3.92. The second-order valence-electron chi connectivity index (χ2n) is 5.51. The summed E-state index contributed by atoms with van der Waals surface area (Å²) in [5, 5.41) is 10.8. The Morgan fingerprint density at radius 3 is 2.67 bits per heavy atom. The zero-order valence-corrected chi connectivity index (χ0v) is 13.7.